The maximum Gasteiger partial charge on any atom is 0.316 e. The van der Waals surface area contributed by atoms with Crippen molar-refractivity contribution in [1.82, 2.24) is 0 Å². The zero-order chi connectivity index (χ0) is 22.6. The molecule has 0 radical (unpaired) electrons. The highest BCUT2D eigenvalue weighted by atomic mass is 28.4. The first kappa shape index (κ1) is 23.7. The van der Waals surface area contributed by atoms with Gasteiger partial charge < -0.3 is 9.16 Å². The lowest BCUT2D eigenvalue weighted by Gasteiger charge is -2.49. The molecule has 8 atom stereocenters. The molecule has 30 heavy (non-hydrogen) atoms. The Bertz CT molecular complexity index is 721. The smallest absolute Gasteiger partial charge is 0.316 e. The van der Waals surface area contributed by atoms with E-state index in [0.29, 0.717) is 17.8 Å². The zero-order valence-corrected chi connectivity index (χ0v) is 21.5. The standard InChI is InChI=1S/C25H42O4Si/c1-15-10-12-18-17(14-15)11-13-19-20(16(2)29-30(8,9)24(3,4)5)21(23(27)28-7)22(26)25(18,19)6/h11,13,15-21H,10,12,14H2,1-9H3/t15-,16+,17-,18-,19+,20+,21-,25+/m1/s1. The van der Waals surface area contributed by atoms with Crippen LogP contribution in [0.1, 0.15) is 60.8 Å². The Hall–Kier alpha value is -0.943. The topological polar surface area (TPSA) is 52.6 Å². The van der Waals surface area contributed by atoms with E-state index >= 15 is 0 Å². The molecule has 3 aliphatic rings. The Morgan fingerprint density at radius 1 is 1.23 bits per heavy atom. The molecule has 0 spiro atoms. The van der Waals surface area contributed by atoms with Crippen molar-refractivity contribution >= 4 is 20.1 Å². The molecule has 5 heteroatoms. The van der Waals surface area contributed by atoms with Crippen LogP contribution in [-0.2, 0) is 18.8 Å². The minimum atomic E-state index is -2.04. The first-order chi connectivity index (χ1) is 13.8. The molecule has 2 saturated carbocycles. The minimum Gasteiger partial charge on any atom is -0.468 e. The third-order valence-corrected chi connectivity index (χ3v) is 13.7. The lowest BCUT2D eigenvalue weighted by molar-refractivity contribution is -0.152. The van der Waals surface area contributed by atoms with Crippen LogP contribution in [0.15, 0.2) is 12.2 Å². The average Bonchev–Trinajstić information content (AvgIpc) is 2.87. The van der Waals surface area contributed by atoms with Gasteiger partial charge in [0.1, 0.15) is 5.92 Å². The van der Waals surface area contributed by atoms with E-state index in [2.05, 4.69) is 66.8 Å². The number of hydrogen-bond donors (Lipinski definition) is 0. The van der Waals surface area contributed by atoms with Gasteiger partial charge in [-0.3, -0.25) is 9.59 Å². The Balaban J connectivity index is 2.01. The minimum absolute atomic E-state index is 0.0310. The maximum atomic E-state index is 13.9. The number of allylic oxidation sites excluding steroid dienone is 2. The average molecular weight is 435 g/mol. The summed E-state index contributed by atoms with van der Waals surface area (Å²) in [6.45, 7) is 17.7. The number of ketones is 1. The molecule has 0 bridgehead atoms. The van der Waals surface area contributed by atoms with Crippen molar-refractivity contribution in [2.24, 2.45) is 40.9 Å². The van der Waals surface area contributed by atoms with E-state index < -0.39 is 19.7 Å². The van der Waals surface area contributed by atoms with Crippen molar-refractivity contribution in [1.29, 1.82) is 0 Å². The van der Waals surface area contributed by atoms with E-state index in [-0.39, 0.29) is 34.7 Å². The van der Waals surface area contributed by atoms with Gasteiger partial charge in [0.2, 0.25) is 0 Å². The molecule has 0 unspecified atom stereocenters. The predicted molar refractivity (Wildman–Crippen MR) is 122 cm³/mol. The molecule has 170 valence electrons. The molecule has 0 heterocycles. The van der Waals surface area contributed by atoms with Gasteiger partial charge in [0, 0.05) is 17.4 Å². The summed E-state index contributed by atoms with van der Waals surface area (Å²) in [7, 11) is -0.644. The largest absolute Gasteiger partial charge is 0.468 e. The summed E-state index contributed by atoms with van der Waals surface area (Å²) in [6.07, 6.45) is 7.80. The van der Waals surface area contributed by atoms with E-state index in [1.165, 1.54) is 7.11 Å². The van der Waals surface area contributed by atoms with Gasteiger partial charge >= 0.3 is 5.97 Å². The van der Waals surface area contributed by atoms with Crippen LogP contribution in [-0.4, -0.2) is 33.3 Å². The lowest BCUT2D eigenvalue weighted by atomic mass is 9.55. The van der Waals surface area contributed by atoms with Crippen molar-refractivity contribution in [2.75, 3.05) is 7.11 Å². The first-order valence-electron chi connectivity index (χ1n) is 11.7. The highest BCUT2D eigenvalue weighted by Crippen LogP contribution is 2.61. The summed E-state index contributed by atoms with van der Waals surface area (Å²) >= 11 is 0. The van der Waals surface area contributed by atoms with Crippen LogP contribution in [0.3, 0.4) is 0 Å². The summed E-state index contributed by atoms with van der Waals surface area (Å²) < 4.78 is 11.9. The Kier molecular flexibility index (Phi) is 6.23. The maximum absolute atomic E-state index is 13.9. The molecule has 0 aromatic carbocycles. The Morgan fingerprint density at radius 3 is 2.43 bits per heavy atom. The molecule has 0 saturated heterocycles. The number of carbonyl (C=O) groups is 2. The second kappa shape index (κ2) is 7.88. The van der Waals surface area contributed by atoms with Crippen molar-refractivity contribution < 1.29 is 18.8 Å². The van der Waals surface area contributed by atoms with E-state index in [0.717, 1.165) is 19.3 Å². The van der Waals surface area contributed by atoms with Crippen molar-refractivity contribution in [3.8, 4) is 0 Å². The number of hydrogen-bond acceptors (Lipinski definition) is 4. The second-order valence-electron chi connectivity index (χ2n) is 11.9. The molecule has 0 aromatic heterocycles. The molecule has 3 rings (SSSR count). The number of carbonyl (C=O) groups excluding carboxylic acids is 2. The van der Waals surface area contributed by atoms with Crippen LogP contribution in [0.4, 0.5) is 0 Å². The molecular formula is C25H42O4Si. The first-order valence-corrected chi connectivity index (χ1v) is 14.6. The third-order valence-electron chi connectivity index (χ3n) is 9.09. The number of fused-ring (bicyclic) bond motifs is 3. The van der Waals surface area contributed by atoms with E-state index in [4.69, 9.17) is 9.16 Å². The molecular weight excluding hydrogens is 392 g/mol. The fraction of sp³-hybridized carbons (Fsp3) is 0.840. The van der Waals surface area contributed by atoms with Crippen molar-refractivity contribution in [3.05, 3.63) is 12.2 Å². The fourth-order valence-electron chi connectivity index (χ4n) is 6.36. The quantitative estimate of drug-likeness (QED) is 0.249. The van der Waals surface area contributed by atoms with Gasteiger partial charge in [-0.15, -0.1) is 0 Å². The number of Topliss-reactive ketones (excluding diaryl/α,β-unsaturated/α-hetero) is 1. The monoisotopic (exact) mass is 434 g/mol. The lowest BCUT2D eigenvalue weighted by Crippen LogP contribution is -2.48. The predicted octanol–water partition coefficient (Wildman–Crippen LogP) is 5.63. The highest BCUT2D eigenvalue weighted by molar-refractivity contribution is 6.74. The highest BCUT2D eigenvalue weighted by Gasteiger charge is 2.65. The van der Waals surface area contributed by atoms with Crippen LogP contribution < -0.4 is 0 Å². The fourth-order valence-corrected chi connectivity index (χ4v) is 7.80. The number of esters is 1. The van der Waals surface area contributed by atoms with Gasteiger partial charge in [-0.1, -0.05) is 53.2 Å². The summed E-state index contributed by atoms with van der Waals surface area (Å²) in [5.41, 5.74) is -0.506. The number of rotatable bonds is 4. The number of methoxy groups -OCH3 is 1. The Morgan fingerprint density at radius 2 is 1.87 bits per heavy atom. The van der Waals surface area contributed by atoms with Crippen LogP contribution in [0.2, 0.25) is 18.1 Å². The molecule has 0 aliphatic heterocycles. The Labute approximate surface area is 184 Å². The van der Waals surface area contributed by atoms with E-state index in [1.807, 2.05) is 0 Å². The van der Waals surface area contributed by atoms with Crippen molar-refractivity contribution in [2.45, 2.75) is 85.0 Å². The molecule has 3 aliphatic carbocycles. The summed E-state index contributed by atoms with van der Waals surface area (Å²) in [5, 5.41) is 0.0704. The molecule has 2 fully saturated rings. The molecule has 0 aromatic rings. The molecule has 0 N–H and O–H groups in total. The van der Waals surface area contributed by atoms with Crippen LogP contribution in [0.25, 0.3) is 0 Å². The van der Waals surface area contributed by atoms with Gasteiger partial charge in [-0.2, -0.15) is 0 Å². The van der Waals surface area contributed by atoms with Gasteiger partial charge in [-0.25, -0.2) is 0 Å². The second-order valence-corrected chi connectivity index (χ2v) is 16.7. The summed E-state index contributed by atoms with van der Waals surface area (Å²) in [5.74, 6) is 0.280. The third kappa shape index (κ3) is 3.64. The normalized spacial score (nSPS) is 40.0. The van der Waals surface area contributed by atoms with E-state index in [9.17, 15) is 9.59 Å². The SMILES string of the molecule is COC(=O)[C@H]1C(=O)[C@@]2(C)[C@@H]3CC[C@@H](C)C[C@H]3C=C[C@H]2[C@@H]1[C@H](C)O[Si](C)(C)C(C)(C)C. The number of ether oxygens (including phenoxy) is 1. The zero-order valence-electron chi connectivity index (χ0n) is 20.5. The van der Waals surface area contributed by atoms with Gasteiger partial charge in [0.05, 0.1) is 7.11 Å². The summed E-state index contributed by atoms with van der Waals surface area (Å²) in [4.78, 5) is 26.8. The molecule has 4 nitrogen and oxygen atoms in total. The van der Waals surface area contributed by atoms with E-state index in [1.54, 1.807) is 0 Å². The van der Waals surface area contributed by atoms with Crippen molar-refractivity contribution in [3.63, 3.8) is 0 Å². The molecule has 0 amide bonds. The van der Waals surface area contributed by atoms with Crippen LogP contribution in [0.5, 0.6) is 0 Å². The van der Waals surface area contributed by atoms with Crippen LogP contribution in [0, 0.1) is 40.9 Å². The van der Waals surface area contributed by atoms with Crippen LogP contribution >= 0.6 is 0 Å². The van der Waals surface area contributed by atoms with Gasteiger partial charge in [-0.05, 0) is 61.6 Å². The summed E-state index contributed by atoms with van der Waals surface area (Å²) in [6, 6.07) is 0. The van der Waals surface area contributed by atoms with Gasteiger partial charge in [0.15, 0.2) is 14.1 Å². The van der Waals surface area contributed by atoms with Gasteiger partial charge in [0.25, 0.3) is 0 Å².